The minimum atomic E-state index is -0.493. The summed E-state index contributed by atoms with van der Waals surface area (Å²) in [4.78, 5) is 10.6. The Hall–Kier alpha value is -7.72. The number of fused-ring (bicyclic) bond motifs is 6. The van der Waals surface area contributed by atoms with E-state index in [4.69, 9.17) is 9.97 Å². The SMILES string of the molecule is c1ccc(-c2nc(-c3cccc(-c4cccc5sc6ccccc6c45)c3)cc(-c3ccccc3-c3ccc4c(c3)C(c3ccccc3)(c3ccccc3)c3ccccc3-4)n2)cc1. The van der Waals surface area contributed by atoms with Crippen LogP contribution >= 0.6 is 11.3 Å². The van der Waals surface area contributed by atoms with Crippen LogP contribution in [-0.2, 0) is 5.41 Å². The van der Waals surface area contributed by atoms with Crippen molar-refractivity contribution in [3.8, 4) is 67.3 Å². The molecule has 2 nitrogen and oxygen atoms in total. The van der Waals surface area contributed by atoms with E-state index in [-0.39, 0.29) is 0 Å². The zero-order valence-corrected chi connectivity index (χ0v) is 34.6. The Bertz CT molecular complexity index is 3420. The van der Waals surface area contributed by atoms with E-state index in [2.05, 4.69) is 224 Å². The van der Waals surface area contributed by atoms with E-state index >= 15 is 0 Å². The lowest BCUT2D eigenvalue weighted by Gasteiger charge is -2.34. The van der Waals surface area contributed by atoms with Gasteiger partial charge in [0.25, 0.3) is 0 Å². The molecule has 11 aromatic rings. The third kappa shape index (κ3) is 5.78. The topological polar surface area (TPSA) is 25.8 Å². The van der Waals surface area contributed by atoms with E-state index in [1.54, 1.807) is 0 Å². The first-order valence-electron chi connectivity index (χ1n) is 21.1. The molecule has 0 atom stereocenters. The lowest BCUT2D eigenvalue weighted by atomic mass is 9.67. The van der Waals surface area contributed by atoms with Gasteiger partial charge in [0, 0.05) is 36.9 Å². The van der Waals surface area contributed by atoms with Crippen molar-refractivity contribution < 1.29 is 0 Å². The Balaban J connectivity index is 1.04. The smallest absolute Gasteiger partial charge is 0.160 e. The summed E-state index contributed by atoms with van der Waals surface area (Å²) in [7, 11) is 0. The van der Waals surface area contributed by atoms with Crippen LogP contribution < -0.4 is 0 Å². The molecule has 0 fully saturated rings. The number of hydrogen-bond acceptors (Lipinski definition) is 3. The van der Waals surface area contributed by atoms with Crippen molar-refractivity contribution in [1.82, 2.24) is 9.97 Å². The molecule has 0 aliphatic heterocycles. The summed E-state index contributed by atoms with van der Waals surface area (Å²) in [6.07, 6.45) is 0. The Morgan fingerprint density at radius 1 is 0.323 bits per heavy atom. The Labute approximate surface area is 365 Å². The predicted molar refractivity (Wildman–Crippen MR) is 259 cm³/mol. The fourth-order valence-electron chi connectivity index (χ4n) is 9.88. The molecule has 0 N–H and O–H groups in total. The highest BCUT2D eigenvalue weighted by atomic mass is 32.1. The molecule has 62 heavy (non-hydrogen) atoms. The standard InChI is InChI=1S/C59H38N2S/c1-4-18-39(19-5-1)58-60-53(42-21-16-20-40(36-42)46-30-17-33-56-57(46)50-29-13-15-32-55(50)62-56)38-54(61-58)49-28-11-10-26-45(49)41-34-35-48-47-27-12-14-31-51(47)59(52(48)37-41,43-22-6-2-7-23-43)44-24-8-3-9-25-44/h1-38H. The van der Waals surface area contributed by atoms with Gasteiger partial charge >= 0.3 is 0 Å². The normalized spacial score (nSPS) is 12.6. The number of aromatic nitrogens is 2. The lowest BCUT2D eigenvalue weighted by Crippen LogP contribution is -2.28. The monoisotopic (exact) mass is 806 g/mol. The zero-order valence-electron chi connectivity index (χ0n) is 33.7. The van der Waals surface area contributed by atoms with Gasteiger partial charge < -0.3 is 0 Å². The molecule has 0 saturated heterocycles. The summed E-state index contributed by atoms with van der Waals surface area (Å²) in [5.74, 6) is 0.695. The summed E-state index contributed by atoms with van der Waals surface area (Å²) in [6, 6.07) is 83.4. The van der Waals surface area contributed by atoms with E-state index in [9.17, 15) is 0 Å². The quantitative estimate of drug-likeness (QED) is 0.160. The van der Waals surface area contributed by atoms with Crippen LogP contribution in [0.1, 0.15) is 22.3 Å². The fraction of sp³-hybridized carbons (Fsp3) is 0.0169. The van der Waals surface area contributed by atoms with Crippen molar-refractivity contribution in [2.45, 2.75) is 5.41 Å². The molecule has 2 heterocycles. The molecule has 0 unspecified atom stereocenters. The van der Waals surface area contributed by atoms with Crippen LogP contribution in [0.2, 0.25) is 0 Å². The molecule has 0 radical (unpaired) electrons. The molecular formula is C59H38N2S. The molecule has 290 valence electrons. The van der Waals surface area contributed by atoms with Crippen LogP contribution in [0.3, 0.4) is 0 Å². The maximum atomic E-state index is 5.35. The molecule has 0 bridgehead atoms. The van der Waals surface area contributed by atoms with Crippen LogP contribution in [-0.4, -0.2) is 9.97 Å². The number of nitrogens with zero attached hydrogens (tertiary/aromatic N) is 2. The molecule has 0 amide bonds. The Kier molecular flexibility index (Phi) is 8.62. The largest absolute Gasteiger partial charge is 0.228 e. The lowest BCUT2D eigenvalue weighted by molar-refractivity contribution is 0.769. The van der Waals surface area contributed by atoms with Gasteiger partial charge in [-0.15, -0.1) is 11.3 Å². The van der Waals surface area contributed by atoms with E-state index in [1.165, 1.54) is 59.1 Å². The van der Waals surface area contributed by atoms with Crippen molar-refractivity contribution in [2.24, 2.45) is 0 Å². The Morgan fingerprint density at radius 3 is 1.66 bits per heavy atom. The zero-order chi connectivity index (χ0) is 41.0. The van der Waals surface area contributed by atoms with Crippen molar-refractivity contribution in [3.05, 3.63) is 253 Å². The summed E-state index contributed by atoms with van der Waals surface area (Å²) in [5, 5.41) is 2.59. The first-order valence-corrected chi connectivity index (χ1v) is 22.0. The number of rotatable bonds is 7. The van der Waals surface area contributed by atoms with Gasteiger partial charge in [-0.2, -0.15) is 0 Å². The maximum absolute atomic E-state index is 5.35. The molecular weight excluding hydrogens is 769 g/mol. The van der Waals surface area contributed by atoms with E-state index in [0.29, 0.717) is 5.82 Å². The number of hydrogen-bond donors (Lipinski definition) is 0. The van der Waals surface area contributed by atoms with E-state index < -0.39 is 5.41 Å². The second-order valence-electron chi connectivity index (χ2n) is 16.0. The van der Waals surface area contributed by atoms with Gasteiger partial charge in [0.1, 0.15) is 0 Å². The van der Waals surface area contributed by atoms with E-state index in [1.807, 2.05) is 17.4 Å². The molecule has 12 rings (SSSR count). The molecule has 3 heteroatoms. The minimum Gasteiger partial charge on any atom is -0.228 e. The molecule has 1 aliphatic rings. The molecule has 0 spiro atoms. The summed E-state index contributed by atoms with van der Waals surface area (Å²) < 4.78 is 2.60. The van der Waals surface area contributed by atoms with Gasteiger partial charge in [-0.1, -0.05) is 200 Å². The van der Waals surface area contributed by atoms with Crippen molar-refractivity contribution in [3.63, 3.8) is 0 Å². The van der Waals surface area contributed by atoms with Crippen LogP contribution in [0.25, 0.3) is 87.5 Å². The van der Waals surface area contributed by atoms with Gasteiger partial charge in [0.05, 0.1) is 16.8 Å². The highest BCUT2D eigenvalue weighted by molar-refractivity contribution is 7.25. The molecule has 2 aromatic heterocycles. The van der Waals surface area contributed by atoms with E-state index in [0.717, 1.165) is 44.8 Å². The van der Waals surface area contributed by atoms with Gasteiger partial charge in [-0.05, 0) is 86.0 Å². The highest BCUT2D eigenvalue weighted by Gasteiger charge is 2.46. The maximum Gasteiger partial charge on any atom is 0.160 e. The summed E-state index contributed by atoms with van der Waals surface area (Å²) in [6.45, 7) is 0. The number of benzene rings is 9. The average molecular weight is 807 g/mol. The summed E-state index contributed by atoms with van der Waals surface area (Å²) in [5.41, 5.74) is 16.6. The number of thiophene rings is 1. The fourth-order valence-corrected chi connectivity index (χ4v) is 11.0. The molecule has 1 aliphatic carbocycles. The third-order valence-corrected chi connectivity index (χ3v) is 13.7. The third-order valence-electron chi connectivity index (χ3n) is 12.6. The van der Waals surface area contributed by atoms with Gasteiger partial charge in [-0.3, -0.25) is 0 Å². The van der Waals surface area contributed by atoms with Crippen molar-refractivity contribution >= 4 is 31.5 Å². The first-order chi connectivity index (χ1) is 30.7. The molecule has 9 aromatic carbocycles. The second kappa shape index (κ2) is 14.8. The van der Waals surface area contributed by atoms with Crippen molar-refractivity contribution in [1.29, 1.82) is 0 Å². The first kappa shape index (κ1) is 36.2. The second-order valence-corrected chi connectivity index (χ2v) is 17.1. The Morgan fingerprint density at radius 2 is 0.871 bits per heavy atom. The summed E-state index contributed by atoms with van der Waals surface area (Å²) >= 11 is 1.85. The van der Waals surface area contributed by atoms with Crippen molar-refractivity contribution in [2.75, 3.05) is 0 Å². The van der Waals surface area contributed by atoms with Gasteiger partial charge in [0.15, 0.2) is 5.82 Å². The van der Waals surface area contributed by atoms with Gasteiger partial charge in [-0.25, -0.2) is 9.97 Å². The van der Waals surface area contributed by atoms with Crippen LogP contribution in [0.15, 0.2) is 231 Å². The average Bonchev–Trinajstić information content (AvgIpc) is 3.88. The predicted octanol–water partition coefficient (Wildman–Crippen LogP) is 15.5. The van der Waals surface area contributed by atoms with Crippen LogP contribution in [0, 0.1) is 0 Å². The van der Waals surface area contributed by atoms with Crippen LogP contribution in [0.4, 0.5) is 0 Å². The van der Waals surface area contributed by atoms with Gasteiger partial charge in [0.2, 0.25) is 0 Å². The minimum absolute atomic E-state index is 0.493. The van der Waals surface area contributed by atoms with Crippen LogP contribution in [0.5, 0.6) is 0 Å². The molecule has 0 saturated carbocycles. The highest BCUT2D eigenvalue weighted by Crippen LogP contribution is 2.57.